The van der Waals surface area contributed by atoms with Crippen LogP contribution in [-0.4, -0.2) is 34.0 Å². The molecule has 1 atom stereocenters. The number of aryl methyl sites for hydroxylation is 1. The van der Waals surface area contributed by atoms with Gasteiger partial charge in [0.05, 0.1) is 11.9 Å². The molecule has 8 heteroatoms. The number of fused-ring (bicyclic) bond motifs is 4. The molecule has 3 aromatic rings. The van der Waals surface area contributed by atoms with Crippen LogP contribution >= 0.6 is 0 Å². The van der Waals surface area contributed by atoms with E-state index in [0.29, 0.717) is 22.6 Å². The summed E-state index contributed by atoms with van der Waals surface area (Å²) in [7, 11) is 0. The van der Waals surface area contributed by atoms with Gasteiger partial charge in [0.15, 0.2) is 0 Å². The fourth-order valence-corrected chi connectivity index (χ4v) is 4.71. The van der Waals surface area contributed by atoms with Crippen LogP contribution in [0, 0.1) is 13.8 Å². The SMILES string of the molecule is Cc1cccc(-n2ncc3c2NC(=O)CC32C(=O)N(CC(N)=O)c3ccccc32)c1C. The molecule has 0 radical (unpaired) electrons. The quantitative estimate of drug-likeness (QED) is 0.681. The second-order valence-corrected chi connectivity index (χ2v) is 8.04. The first-order valence-electron chi connectivity index (χ1n) is 9.99. The maximum absolute atomic E-state index is 13.8. The highest BCUT2D eigenvalue weighted by molar-refractivity contribution is 6.17. The van der Waals surface area contributed by atoms with E-state index in [-0.39, 0.29) is 24.8 Å². The molecule has 5 rings (SSSR count). The zero-order valence-corrected chi connectivity index (χ0v) is 17.2. The Labute approximate surface area is 178 Å². The monoisotopic (exact) mass is 415 g/mol. The van der Waals surface area contributed by atoms with Crippen LogP contribution in [0.2, 0.25) is 0 Å². The lowest BCUT2D eigenvalue weighted by atomic mass is 9.72. The van der Waals surface area contributed by atoms with Crippen LogP contribution in [0.3, 0.4) is 0 Å². The van der Waals surface area contributed by atoms with Crippen molar-refractivity contribution < 1.29 is 14.4 Å². The van der Waals surface area contributed by atoms with Crippen LogP contribution in [0.4, 0.5) is 11.5 Å². The van der Waals surface area contributed by atoms with Gasteiger partial charge in [-0.1, -0.05) is 30.3 Å². The van der Waals surface area contributed by atoms with Crippen molar-refractivity contribution in [3.05, 3.63) is 70.9 Å². The van der Waals surface area contributed by atoms with Gasteiger partial charge in [-0.25, -0.2) is 4.68 Å². The van der Waals surface area contributed by atoms with Crippen LogP contribution in [0.5, 0.6) is 0 Å². The van der Waals surface area contributed by atoms with E-state index >= 15 is 0 Å². The van der Waals surface area contributed by atoms with Gasteiger partial charge in [0.25, 0.3) is 0 Å². The Balaban J connectivity index is 1.76. The molecule has 2 aliphatic rings. The highest BCUT2D eigenvalue weighted by Gasteiger charge is 2.57. The van der Waals surface area contributed by atoms with Gasteiger partial charge in [-0.15, -0.1) is 0 Å². The molecule has 1 aromatic heterocycles. The molecular weight excluding hydrogens is 394 g/mol. The average molecular weight is 415 g/mol. The largest absolute Gasteiger partial charge is 0.368 e. The van der Waals surface area contributed by atoms with Gasteiger partial charge in [-0.05, 0) is 42.7 Å². The number of benzene rings is 2. The number of nitrogens with one attached hydrogen (secondary N) is 1. The molecule has 2 aromatic carbocycles. The summed E-state index contributed by atoms with van der Waals surface area (Å²) in [5.74, 6) is -0.784. The van der Waals surface area contributed by atoms with Crippen molar-refractivity contribution in [1.82, 2.24) is 9.78 Å². The van der Waals surface area contributed by atoms with E-state index in [2.05, 4.69) is 10.4 Å². The van der Waals surface area contributed by atoms with E-state index in [9.17, 15) is 14.4 Å². The van der Waals surface area contributed by atoms with Crippen molar-refractivity contribution in [1.29, 1.82) is 0 Å². The molecule has 2 aliphatic heterocycles. The normalized spacial score (nSPS) is 19.4. The number of nitrogens with zero attached hydrogens (tertiary/aromatic N) is 3. The number of primary amides is 1. The van der Waals surface area contributed by atoms with E-state index < -0.39 is 11.3 Å². The number of rotatable bonds is 3. The van der Waals surface area contributed by atoms with Crippen molar-refractivity contribution >= 4 is 29.2 Å². The summed E-state index contributed by atoms with van der Waals surface area (Å²) >= 11 is 0. The summed E-state index contributed by atoms with van der Waals surface area (Å²) in [6.45, 7) is 3.75. The smallest absolute Gasteiger partial charge is 0.243 e. The van der Waals surface area contributed by atoms with Gasteiger partial charge in [0.1, 0.15) is 17.8 Å². The number of nitrogens with two attached hydrogens (primary N) is 1. The van der Waals surface area contributed by atoms with E-state index in [0.717, 1.165) is 16.8 Å². The van der Waals surface area contributed by atoms with Crippen LogP contribution in [0.25, 0.3) is 5.69 Å². The van der Waals surface area contributed by atoms with Gasteiger partial charge in [-0.2, -0.15) is 5.10 Å². The number of anilines is 2. The number of para-hydroxylation sites is 1. The Bertz CT molecular complexity index is 1280. The van der Waals surface area contributed by atoms with Crippen molar-refractivity contribution in [2.45, 2.75) is 25.7 Å². The molecular formula is C23H21N5O3. The van der Waals surface area contributed by atoms with E-state index in [1.807, 2.05) is 44.2 Å². The second-order valence-electron chi connectivity index (χ2n) is 8.04. The maximum atomic E-state index is 13.8. The van der Waals surface area contributed by atoms with Crippen LogP contribution in [-0.2, 0) is 19.8 Å². The summed E-state index contributed by atoms with van der Waals surface area (Å²) in [5, 5.41) is 7.47. The lowest BCUT2D eigenvalue weighted by molar-refractivity contribution is -0.127. The molecule has 156 valence electrons. The molecule has 0 saturated heterocycles. The fourth-order valence-electron chi connectivity index (χ4n) is 4.71. The van der Waals surface area contributed by atoms with Crippen molar-refractivity contribution in [3.63, 3.8) is 0 Å². The molecule has 0 fully saturated rings. The van der Waals surface area contributed by atoms with Crippen LogP contribution in [0.1, 0.15) is 28.7 Å². The summed E-state index contributed by atoms with van der Waals surface area (Å²) in [4.78, 5) is 39.7. The molecule has 1 spiro atoms. The lowest BCUT2D eigenvalue weighted by Crippen LogP contribution is -2.48. The Morgan fingerprint density at radius 1 is 1.10 bits per heavy atom. The summed E-state index contributed by atoms with van der Waals surface area (Å²) in [6, 6.07) is 13.1. The first-order chi connectivity index (χ1) is 14.8. The molecule has 1 unspecified atom stereocenters. The molecule has 0 aliphatic carbocycles. The second kappa shape index (κ2) is 6.53. The molecule has 3 amide bonds. The summed E-state index contributed by atoms with van der Waals surface area (Å²) in [6.07, 6.45) is 1.57. The van der Waals surface area contributed by atoms with Gasteiger partial charge >= 0.3 is 0 Å². The molecule has 8 nitrogen and oxygen atoms in total. The predicted octanol–water partition coefficient (Wildman–Crippen LogP) is 1.95. The van der Waals surface area contributed by atoms with E-state index in [1.165, 1.54) is 4.90 Å². The fraction of sp³-hybridized carbons (Fsp3) is 0.217. The highest BCUT2D eigenvalue weighted by Crippen LogP contribution is 2.52. The maximum Gasteiger partial charge on any atom is 0.243 e. The minimum atomic E-state index is -1.25. The molecule has 31 heavy (non-hydrogen) atoms. The number of carbonyl (C=O) groups excluding carboxylic acids is 3. The zero-order chi connectivity index (χ0) is 21.9. The minimum Gasteiger partial charge on any atom is -0.368 e. The summed E-state index contributed by atoms with van der Waals surface area (Å²) < 4.78 is 1.67. The number of aromatic nitrogens is 2. The zero-order valence-electron chi connectivity index (χ0n) is 17.2. The van der Waals surface area contributed by atoms with Crippen LogP contribution < -0.4 is 16.0 Å². The molecule has 3 heterocycles. The Morgan fingerprint density at radius 3 is 2.61 bits per heavy atom. The van der Waals surface area contributed by atoms with Gasteiger partial charge in [-0.3, -0.25) is 14.4 Å². The molecule has 0 bridgehead atoms. The predicted molar refractivity (Wildman–Crippen MR) is 115 cm³/mol. The lowest BCUT2D eigenvalue weighted by Gasteiger charge is -2.32. The number of carbonyl (C=O) groups is 3. The Kier molecular flexibility index (Phi) is 4.01. The van der Waals surface area contributed by atoms with Crippen LogP contribution in [0.15, 0.2) is 48.7 Å². The third-order valence-electron chi connectivity index (χ3n) is 6.30. The van der Waals surface area contributed by atoms with Crippen molar-refractivity contribution in [2.75, 3.05) is 16.8 Å². The van der Waals surface area contributed by atoms with E-state index in [1.54, 1.807) is 23.0 Å². The number of hydrogen-bond donors (Lipinski definition) is 2. The van der Waals surface area contributed by atoms with Gasteiger partial charge in [0.2, 0.25) is 17.7 Å². The van der Waals surface area contributed by atoms with Crippen molar-refractivity contribution in [2.24, 2.45) is 5.73 Å². The Hall–Kier alpha value is -3.94. The third kappa shape index (κ3) is 2.54. The van der Waals surface area contributed by atoms with E-state index in [4.69, 9.17) is 5.73 Å². The molecule has 0 saturated carbocycles. The highest BCUT2D eigenvalue weighted by atomic mass is 16.2. The minimum absolute atomic E-state index is 0.0659. The number of hydrogen-bond acceptors (Lipinski definition) is 4. The average Bonchev–Trinajstić information content (AvgIpc) is 3.24. The first-order valence-corrected chi connectivity index (χ1v) is 9.99. The molecule has 3 N–H and O–H groups in total. The topological polar surface area (TPSA) is 110 Å². The third-order valence-corrected chi connectivity index (χ3v) is 6.30. The first kappa shape index (κ1) is 19.0. The van der Waals surface area contributed by atoms with Gasteiger partial charge < -0.3 is 16.0 Å². The van der Waals surface area contributed by atoms with Gasteiger partial charge in [0, 0.05) is 17.7 Å². The Morgan fingerprint density at radius 2 is 1.84 bits per heavy atom. The number of amides is 3. The van der Waals surface area contributed by atoms with Crippen molar-refractivity contribution in [3.8, 4) is 5.69 Å². The summed E-state index contributed by atoms with van der Waals surface area (Å²) in [5.41, 5.74) is 8.98. The standard InChI is InChI=1S/C23H21N5O3/c1-13-6-5-9-17(14(13)2)28-21-16(11-25-28)23(10-20(30)26-21)15-7-3-4-8-18(15)27(22(23)31)12-19(24)29/h3-9,11H,10,12H2,1-2H3,(H2,24,29)(H,26,30).